The molecule has 1 rings (SSSR count). The number of hydrogen-bond acceptors (Lipinski definition) is 3. The highest BCUT2D eigenvalue weighted by Gasteiger charge is 2.17. The first-order valence-electron chi connectivity index (χ1n) is 7.94. The Morgan fingerprint density at radius 1 is 1.10 bits per heavy atom. The van der Waals surface area contributed by atoms with Crippen molar-refractivity contribution in [3.63, 3.8) is 0 Å². The van der Waals surface area contributed by atoms with Crippen molar-refractivity contribution in [2.24, 2.45) is 0 Å². The predicted octanol–water partition coefficient (Wildman–Crippen LogP) is 2.48. The first-order valence-corrected chi connectivity index (χ1v) is 9.42. The quantitative estimate of drug-likeness (QED) is 0.617. The molecule has 0 atom stereocenters. The number of sulfonamides is 1. The van der Waals surface area contributed by atoms with Crippen LogP contribution in [0.3, 0.4) is 0 Å². The van der Waals surface area contributed by atoms with E-state index in [1.54, 1.807) is 12.3 Å². The highest BCUT2D eigenvalue weighted by molar-refractivity contribution is 7.89. The third-order valence-corrected chi connectivity index (χ3v) is 4.85. The Morgan fingerprint density at radius 2 is 1.86 bits per heavy atom. The lowest BCUT2D eigenvalue weighted by Crippen LogP contribution is -2.24. The molecule has 0 amide bonds. The molecule has 1 heterocycles. The van der Waals surface area contributed by atoms with Gasteiger partial charge in [0.2, 0.25) is 10.0 Å². The maximum Gasteiger partial charge on any atom is 0.242 e. The summed E-state index contributed by atoms with van der Waals surface area (Å²) in [5.74, 6) is 0. The zero-order valence-corrected chi connectivity index (χ0v) is 14.3. The monoisotopic (exact) mass is 315 g/mol. The van der Waals surface area contributed by atoms with E-state index in [0.29, 0.717) is 18.0 Å². The van der Waals surface area contributed by atoms with Gasteiger partial charge in [0.05, 0.1) is 4.90 Å². The maximum atomic E-state index is 12.3. The van der Waals surface area contributed by atoms with E-state index in [1.165, 1.54) is 0 Å². The van der Waals surface area contributed by atoms with Crippen molar-refractivity contribution in [1.82, 2.24) is 14.6 Å². The lowest BCUT2D eigenvalue weighted by atomic mass is 10.3. The van der Waals surface area contributed by atoms with Gasteiger partial charge < -0.3 is 9.88 Å². The van der Waals surface area contributed by atoms with E-state index in [2.05, 4.69) is 23.9 Å². The standard InChI is InChI=1S/C15H29N3O2S/c1-4-7-8-10-17-21(19,20)15-11-14(12-16-9-5-2)18(6-3)13-15/h11,13,16-17H,4-10,12H2,1-3H3. The molecule has 1 aromatic rings. The van der Waals surface area contributed by atoms with E-state index in [4.69, 9.17) is 0 Å². The third-order valence-electron chi connectivity index (χ3n) is 3.42. The second-order valence-corrected chi connectivity index (χ2v) is 7.00. The topological polar surface area (TPSA) is 63.1 Å². The third kappa shape index (κ3) is 5.80. The molecular weight excluding hydrogens is 286 g/mol. The average Bonchev–Trinajstić information content (AvgIpc) is 2.88. The highest BCUT2D eigenvalue weighted by atomic mass is 32.2. The summed E-state index contributed by atoms with van der Waals surface area (Å²) in [6.45, 7) is 9.16. The van der Waals surface area contributed by atoms with Crippen molar-refractivity contribution in [2.75, 3.05) is 13.1 Å². The van der Waals surface area contributed by atoms with Gasteiger partial charge in [-0.25, -0.2) is 13.1 Å². The summed E-state index contributed by atoms with van der Waals surface area (Å²) >= 11 is 0. The van der Waals surface area contributed by atoms with E-state index in [9.17, 15) is 8.42 Å². The number of hydrogen-bond donors (Lipinski definition) is 2. The van der Waals surface area contributed by atoms with E-state index in [0.717, 1.165) is 44.5 Å². The summed E-state index contributed by atoms with van der Waals surface area (Å²) < 4.78 is 29.2. The molecule has 0 aromatic carbocycles. The minimum absolute atomic E-state index is 0.370. The number of aryl methyl sites for hydroxylation is 1. The Hall–Kier alpha value is -0.850. The van der Waals surface area contributed by atoms with Crippen LogP contribution >= 0.6 is 0 Å². The minimum Gasteiger partial charge on any atom is -0.349 e. The zero-order chi connectivity index (χ0) is 15.7. The summed E-state index contributed by atoms with van der Waals surface area (Å²) in [7, 11) is -3.38. The summed E-state index contributed by atoms with van der Waals surface area (Å²) in [6.07, 6.45) is 5.81. The molecule has 0 fully saturated rings. The van der Waals surface area contributed by atoms with E-state index >= 15 is 0 Å². The van der Waals surface area contributed by atoms with Crippen LogP contribution in [0.4, 0.5) is 0 Å². The predicted molar refractivity (Wildman–Crippen MR) is 86.8 cm³/mol. The van der Waals surface area contributed by atoms with E-state index in [-0.39, 0.29) is 0 Å². The Morgan fingerprint density at radius 3 is 2.48 bits per heavy atom. The summed E-state index contributed by atoms with van der Waals surface area (Å²) in [6, 6.07) is 1.77. The fraction of sp³-hybridized carbons (Fsp3) is 0.733. The molecule has 6 heteroatoms. The second-order valence-electron chi connectivity index (χ2n) is 5.23. The van der Waals surface area contributed by atoms with Gasteiger partial charge in [-0.1, -0.05) is 26.7 Å². The normalized spacial score (nSPS) is 12.0. The maximum absolute atomic E-state index is 12.3. The number of aromatic nitrogens is 1. The molecule has 0 aliphatic carbocycles. The van der Waals surface area contributed by atoms with Crippen LogP contribution in [0.15, 0.2) is 17.2 Å². The van der Waals surface area contributed by atoms with Gasteiger partial charge >= 0.3 is 0 Å². The summed E-state index contributed by atoms with van der Waals surface area (Å²) in [5.41, 5.74) is 1.01. The lowest BCUT2D eigenvalue weighted by Gasteiger charge is -2.06. The van der Waals surface area contributed by atoms with E-state index in [1.807, 2.05) is 11.5 Å². The van der Waals surface area contributed by atoms with Crippen LogP contribution in [-0.2, 0) is 23.1 Å². The Kier molecular flexibility index (Phi) is 8.00. The van der Waals surface area contributed by atoms with Gasteiger partial charge in [0.15, 0.2) is 0 Å². The molecular formula is C15H29N3O2S. The molecule has 0 unspecified atom stereocenters. The molecule has 0 saturated heterocycles. The molecule has 0 spiro atoms. The molecule has 0 bridgehead atoms. The Labute approximate surface area is 129 Å². The van der Waals surface area contributed by atoms with Crippen molar-refractivity contribution < 1.29 is 8.42 Å². The highest BCUT2D eigenvalue weighted by Crippen LogP contribution is 2.14. The van der Waals surface area contributed by atoms with Crippen LogP contribution < -0.4 is 10.0 Å². The van der Waals surface area contributed by atoms with Gasteiger partial charge in [-0.05, 0) is 32.4 Å². The zero-order valence-electron chi connectivity index (χ0n) is 13.5. The van der Waals surface area contributed by atoms with Gasteiger partial charge in [0, 0.05) is 31.5 Å². The van der Waals surface area contributed by atoms with E-state index < -0.39 is 10.0 Å². The smallest absolute Gasteiger partial charge is 0.242 e. The molecule has 0 aliphatic heterocycles. The van der Waals surface area contributed by atoms with Crippen LogP contribution in [0.1, 0.15) is 52.1 Å². The first kappa shape index (κ1) is 18.2. The van der Waals surface area contributed by atoms with Gasteiger partial charge in [-0.15, -0.1) is 0 Å². The number of rotatable bonds is 11. The van der Waals surface area contributed by atoms with Crippen LogP contribution in [0.5, 0.6) is 0 Å². The Bertz CT molecular complexity index is 509. The average molecular weight is 315 g/mol. The molecule has 0 aliphatic rings. The second kappa shape index (κ2) is 9.23. The summed E-state index contributed by atoms with van der Waals surface area (Å²) in [5, 5.41) is 3.31. The van der Waals surface area contributed by atoms with Crippen molar-refractivity contribution in [3.8, 4) is 0 Å². The van der Waals surface area contributed by atoms with Gasteiger partial charge in [0.1, 0.15) is 0 Å². The van der Waals surface area contributed by atoms with Crippen molar-refractivity contribution in [2.45, 2.75) is 64.4 Å². The summed E-state index contributed by atoms with van der Waals surface area (Å²) in [4.78, 5) is 0.370. The molecule has 0 saturated carbocycles. The SMILES string of the molecule is CCCCCNS(=O)(=O)c1cc(CNCCC)n(CC)c1. The first-order chi connectivity index (χ1) is 10.0. The van der Waals surface area contributed by atoms with Crippen molar-refractivity contribution >= 4 is 10.0 Å². The molecule has 21 heavy (non-hydrogen) atoms. The van der Waals surface area contributed by atoms with Gasteiger partial charge in [0.25, 0.3) is 0 Å². The molecule has 2 N–H and O–H groups in total. The van der Waals surface area contributed by atoms with Crippen molar-refractivity contribution in [3.05, 3.63) is 18.0 Å². The van der Waals surface area contributed by atoms with Crippen LogP contribution in [0.2, 0.25) is 0 Å². The largest absolute Gasteiger partial charge is 0.349 e. The van der Waals surface area contributed by atoms with Gasteiger partial charge in [-0.3, -0.25) is 0 Å². The molecule has 122 valence electrons. The minimum atomic E-state index is -3.38. The van der Waals surface area contributed by atoms with Crippen molar-refractivity contribution in [1.29, 1.82) is 0 Å². The van der Waals surface area contributed by atoms with Crippen LogP contribution in [0, 0.1) is 0 Å². The fourth-order valence-corrected chi connectivity index (χ4v) is 3.31. The molecule has 1 aromatic heterocycles. The lowest BCUT2D eigenvalue weighted by molar-refractivity contribution is 0.575. The fourth-order valence-electron chi connectivity index (χ4n) is 2.17. The van der Waals surface area contributed by atoms with Gasteiger partial charge in [-0.2, -0.15) is 0 Å². The Balaban J connectivity index is 2.72. The molecule has 5 nitrogen and oxygen atoms in total. The number of nitrogens with one attached hydrogen (secondary N) is 2. The van der Waals surface area contributed by atoms with Crippen LogP contribution in [0.25, 0.3) is 0 Å². The number of nitrogens with zero attached hydrogens (tertiary/aromatic N) is 1. The molecule has 0 radical (unpaired) electrons. The number of unbranched alkanes of at least 4 members (excludes halogenated alkanes) is 2. The van der Waals surface area contributed by atoms with Crippen LogP contribution in [-0.4, -0.2) is 26.1 Å².